The number of anilines is 1. The first-order valence-corrected chi connectivity index (χ1v) is 8.56. The van der Waals surface area contributed by atoms with E-state index in [9.17, 15) is 4.79 Å². The molecule has 1 saturated carbocycles. The molecule has 0 spiro atoms. The maximum absolute atomic E-state index is 11.5. The van der Waals surface area contributed by atoms with Crippen molar-refractivity contribution in [1.29, 1.82) is 0 Å². The zero-order chi connectivity index (χ0) is 16.6. The van der Waals surface area contributed by atoms with Crippen LogP contribution in [-0.4, -0.2) is 35.7 Å². The van der Waals surface area contributed by atoms with E-state index in [2.05, 4.69) is 27.3 Å². The second-order valence-electron chi connectivity index (χ2n) is 7.14. The van der Waals surface area contributed by atoms with E-state index in [4.69, 9.17) is 4.52 Å². The number of rotatable bonds is 5. The van der Waals surface area contributed by atoms with Crippen molar-refractivity contribution in [1.82, 2.24) is 15.5 Å². The number of aryl methyl sites for hydroxylation is 1. The number of carbonyl (C=O) groups excluding carboxylic acids is 1. The van der Waals surface area contributed by atoms with Crippen molar-refractivity contribution >= 4 is 11.6 Å². The Kier molecular flexibility index (Phi) is 3.75. The molecule has 1 aliphatic heterocycles. The molecule has 2 aliphatic rings. The van der Waals surface area contributed by atoms with Gasteiger partial charge in [0.05, 0.1) is 6.54 Å². The Balaban J connectivity index is 1.42. The first-order chi connectivity index (χ1) is 11.6. The average molecular weight is 326 g/mol. The van der Waals surface area contributed by atoms with Gasteiger partial charge in [-0.25, -0.2) is 0 Å². The second-order valence-corrected chi connectivity index (χ2v) is 7.14. The molecule has 6 heteroatoms. The highest BCUT2D eigenvalue weighted by Crippen LogP contribution is 2.48. The van der Waals surface area contributed by atoms with Gasteiger partial charge >= 0.3 is 0 Å². The fourth-order valence-electron chi connectivity index (χ4n) is 3.03. The van der Waals surface area contributed by atoms with Crippen LogP contribution in [0.1, 0.15) is 32.1 Å². The highest BCUT2D eigenvalue weighted by atomic mass is 16.5. The van der Waals surface area contributed by atoms with Gasteiger partial charge in [0.2, 0.25) is 17.6 Å². The van der Waals surface area contributed by atoms with Gasteiger partial charge in [0.15, 0.2) is 0 Å². The van der Waals surface area contributed by atoms with Crippen LogP contribution in [0.5, 0.6) is 0 Å². The summed E-state index contributed by atoms with van der Waals surface area (Å²) >= 11 is 0. The predicted molar refractivity (Wildman–Crippen MR) is 90.6 cm³/mol. The molecule has 0 bridgehead atoms. The minimum atomic E-state index is 0.0671. The van der Waals surface area contributed by atoms with Gasteiger partial charge in [-0.15, -0.1) is 0 Å². The largest absolute Gasteiger partial charge is 0.360 e. The zero-order valence-electron chi connectivity index (χ0n) is 13.9. The molecule has 0 unspecified atom stereocenters. The van der Waals surface area contributed by atoms with E-state index in [1.165, 1.54) is 12.8 Å². The SMILES string of the molecule is CC1(CCc2nc(-c3ccc(N4CCNC(=O)C4)cc3)no2)CC1. The Morgan fingerprint density at radius 1 is 1.29 bits per heavy atom. The number of hydrogen-bond donors (Lipinski definition) is 1. The van der Waals surface area contributed by atoms with Crippen molar-refractivity contribution in [3.8, 4) is 11.4 Å². The maximum Gasteiger partial charge on any atom is 0.239 e. The van der Waals surface area contributed by atoms with Gasteiger partial charge in [-0.1, -0.05) is 12.1 Å². The lowest BCUT2D eigenvalue weighted by Gasteiger charge is -2.28. The first kappa shape index (κ1) is 15.2. The zero-order valence-corrected chi connectivity index (χ0v) is 13.9. The van der Waals surface area contributed by atoms with Crippen molar-refractivity contribution in [2.75, 3.05) is 24.5 Å². The Hall–Kier alpha value is -2.37. The standard InChI is InChI=1S/C18H22N4O2/c1-18(8-9-18)7-6-16-20-17(21-24-16)13-2-4-14(5-3-13)22-11-10-19-15(23)12-22/h2-5H,6-12H2,1H3,(H,19,23). The number of amides is 1. The summed E-state index contributed by atoms with van der Waals surface area (Å²) in [7, 11) is 0. The number of nitrogens with zero attached hydrogens (tertiary/aromatic N) is 3. The van der Waals surface area contributed by atoms with Crippen LogP contribution in [0.3, 0.4) is 0 Å². The normalized spacial score (nSPS) is 19.2. The molecule has 0 radical (unpaired) electrons. The fraction of sp³-hybridized carbons (Fsp3) is 0.500. The molecular weight excluding hydrogens is 304 g/mol. The number of piperazine rings is 1. The molecule has 1 aliphatic carbocycles. The number of nitrogens with one attached hydrogen (secondary N) is 1. The minimum Gasteiger partial charge on any atom is -0.360 e. The Bertz CT molecular complexity index is 734. The third-order valence-electron chi connectivity index (χ3n) is 5.04. The molecule has 0 atom stereocenters. The lowest BCUT2D eigenvalue weighted by molar-refractivity contribution is -0.120. The summed E-state index contributed by atoms with van der Waals surface area (Å²) in [6.45, 7) is 4.23. The van der Waals surface area contributed by atoms with Gasteiger partial charge in [0.25, 0.3) is 0 Å². The summed E-state index contributed by atoms with van der Waals surface area (Å²) in [4.78, 5) is 18.1. The molecule has 1 amide bonds. The lowest BCUT2D eigenvalue weighted by atomic mass is 10.0. The van der Waals surface area contributed by atoms with Crippen LogP contribution in [0.25, 0.3) is 11.4 Å². The third-order valence-corrected chi connectivity index (χ3v) is 5.04. The molecule has 24 heavy (non-hydrogen) atoms. The van der Waals surface area contributed by atoms with Crippen LogP contribution < -0.4 is 10.2 Å². The summed E-state index contributed by atoms with van der Waals surface area (Å²) in [5, 5.41) is 6.93. The van der Waals surface area contributed by atoms with Crippen LogP contribution in [0, 0.1) is 5.41 Å². The summed E-state index contributed by atoms with van der Waals surface area (Å²) < 4.78 is 5.38. The van der Waals surface area contributed by atoms with E-state index in [1.807, 2.05) is 24.3 Å². The molecule has 126 valence electrons. The van der Waals surface area contributed by atoms with Gasteiger partial charge in [-0.2, -0.15) is 4.98 Å². The number of benzene rings is 1. The van der Waals surface area contributed by atoms with E-state index >= 15 is 0 Å². The van der Waals surface area contributed by atoms with E-state index < -0.39 is 0 Å². The topological polar surface area (TPSA) is 71.3 Å². The van der Waals surface area contributed by atoms with Crippen molar-refractivity contribution < 1.29 is 9.32 Å². The van der Waals surface area contributed by atoms with Crippen LogP contribution in [-0.2, 0) is 11.2 Å². The quantitative estimate of drug-likeness (QED) is 0.913. The highest BCUT2D eigenvalue weighted by molar-refractivity contribution is 5.82. The average Bonchev–Trinajstić information content (AvgIpc) is 3.15. The smallest absolute Gasteiger partial charge is 0.239 e. The molecule has 1 saturated heterocycles. The van der Waals surface area contributed by atoms with Crippen LogP contribution in [0.4, 0.5) is 5.69 Å². The van der Waals surface area contributed by atoms with Gasteiger partial charge < -0.3 is 14.7 Å². The minimum absolute atomic E-state index is 0.0671. The summed E-state index contributed by atoms with van der Waals surface area (Å²) in [5.74, 6) is 1.42. The maximum atomic E-state index is 11.5. The monoisotopic (exact) mass is 326 g/mol. The molecular formula is C18H22N4O2. The number of hydrogen-bond acceptors (Lipinski definition) is 5. The Labute approximate surface area is 141 Å². The fourth-order valence-corrected chi connectivity index (χ4v) is 3.03. The van der Waals surface area contributed by atoms with Crippen LogP contribution >= 0.6 is 0 Å². The van der Waals surface area contributed by atoms with E-state index in [0.29, 0.717) is 24.3 Å². The van der Waals surface area contributed by atoms with Crippen LogP contribution in [0.15, 0.2) is 28.8 Å². The van der Waals surface area contributed by atoms with Gasteiger partial charge in [0, 0.05) is 30.8 Å². The second kappa shape index (κ2) is 5.92. The molecule has 1 aromatic heterocycles. The molecule has 1 aromatic carbocycles. The van der Waals surface area contributed by atoms with Crippen molar-refractivity contribution in [2.24, 2.45) is 5.41 Å². The molecule has 4 rings (SSSR count). The lowest BCUT2D eigenvalue weighted by Crippen LogP contribution is -2.47. The molecule has 1 N–H and O–H groups in total. The Morgan fingerprint density at radius 2 is 2.08 bits per heavy atom. The predicted octanol–water partition coefficient (Wildman–Crippen LogP) is 2.41. The molecule has 2 heterocycles. The van der Waals surface area contributed by atoms with E-state index in [1.54, 1.807) is 0 Å². The van der Waals surface area contributed by atoms with Gasteiger partial charge in [-0.3, -0.25) is 4.79 Å². The van der Waals surface area contributed by atoms with Crippen molar-refractivity contribution in [3.63, 3.8) is 0 Å². The van der Waals surface area contributed by atoms with E-state index in [0.717, 1.165) is 36.5 Å². The summed E-state index contributed by atoms with van der Waals surface area (Å²) in [6, 6.07) is 7.99. The van der Waals surface area contributed by atoms with Gasteiger partial charge in [0.1, 0.15) is 0 Å². The number of carbonyl (C=O) groups is 1. The van der Waals surface area contributed by atoms with E-state index in [-0.39, 0.29) is 5.91 Å². The van der Waals surface area contributed by atoms with Crippen LogP contribution in [0.2, 0.25) is 0 Å². The highest BCUT2D eigenvalue weighted by Gasteiger charge is 2.36. The summed E-state index contributed by atoms with van der Waals surface area (Å²) in [6.07, 6.45) is 4.59. The van der Waals surface area contributed by atoms with Gasteiger partial charge in [-0.05, 0) is 48.9 Å². The number of aromatic nitrogens is 2. The Morgan fingerprint density at radius 3 is 2.79 bits per heavy atom. The molecule has 2 aromatic rings. The summed E-state index contributed by atoms with van der Waals surface area (Å²) in [5.41, 5.74) is 2.48. The third kappa shape index (κ3) is 3.27. The van der Waals surface area contributed by atoms with Crippen molar-refractivity contribution in [3.05, 3.63) is 30.2 Å². The van der Waals surface area contributed by atoms with Crippen molar-refractivity contribution in [2.45, 2.75) is 32.6 Å². The molecule has 6 nitrogen and oxygen atoms in total. The molecule has 2 fully saturated rings. The first-order valence-electron chi connectivity index (χ1n) is 8.56.